The summed E-state index contributed by atoms with van der Waals surface area (Å²) in [6.07, 6.45) is -9.24. The highest BCUT2D eigenvalue weighted by atomic mass is 79.9. The maximum atomic E-state index is 13.1. The van der Waals surface area contributed by atoms with Gasteiger partial charge in [-0.2, -0.15) is 0 Å². The molecule has 0 bridgehead atoms. The van der Waals surface area contributed by atoms with Crippen LogP contribution in [0.5, 0.6) is 11.5 Å². The number of halogens is 7. The number of benzene rings is 4. The summed E-state index contributed by atoms with van der Waals surface area (Å²) in [6.45, 7) is 5.30. The van der Waals surface area contributed by atoms with Crippen molar-refractivity contribution in [1.29, 1.82) is 0 Å². The van der Waals surface area contributed by atoms with Crippen molar-refractivity contribution in [2.45, 2.75) is 56.9 Å². The third-order valence-corrected chi connectivity index (χ3v) is 6.60. The van der Waals surface area contributed by atoms with Gasteiger partial charge in [0.2, 0.25) is 0 Å². The monoisotopic (exact) mass is 723 g/mol. The fourth-order valence-electron chi connectivity index (χ4n) is 4.05. The topological polar surface area (TPSA) is 57.1 Å². The summed E-state index contributed by atoms with van der Waals surface area (Å²) in [6, 6.07) is 29.1. The van der Waals surface area contributed by atoms with Crippen LogP contribution in [-0.4, -0.2) is 36.0 Å². The van der Waals surface area contributed by atoms with Crippen LogP contribution < -0.4 is 9.47 Å². The smallest absolute Gasteiger partial charge is 0.458 e. The van der Waals surface area contributed by atoms with E-state index >= 15 is 0 Å². The number of carbonyl (C=O) groups is 1. The molecule has 4 aromatic carbocycles. The van der Waals surface area contributed by atoms with E-state index in [1.807, 2.05) is 60.7 Å². The molecule has 250 valence electrons. The molecular formula is C35H32BrF6NO4. The van der Waals surface area contributed by atoms with E-state index in [0.29, 0.717) is 16.6 Å². The molecule has 12 heteroatoms. The normalized spacial score (nSPS) is 12.2. The Hall–Kier alpha value is -4.32. The average molecular weight is 725 g/mol. The van der Waals surface area contributed by atoms with E-state index in [1.54, 1.807) is 32.9 Å². The SMILES string of the molecule is CC(C)(C)OC(=O)[C@H](Cc1ccc(OC(F)(F)F)cc1)N=C(c1ccccc1)c1ccccc1.FC(F)(F)Oc1ccc(CBr)cc1. The first-order chi connectivity index (χ1) is 22.0. The highest BCUT2D eigenvalue weighted by molar-refractivity contribution is 9.08. The Labute approximate surface area is 277 Å². The van der Waals surface area contributed by atoms with Crippen LogP contribution in [0.1, 0.15) is 43.0 Å². The first kappa shape index (κ1) is 37.1. The molecule has 4 aromatic rings. The second-order valence-electron chi connectivity index (χ2n) is 11.0. The van der Waals surface area contributed by atoms with Crippen molar-refractivity contribution in [3.63, 3.8) is 0 Å². The number of ether oxygens (including phenoxy) is 3. The Kier molecular flexibility index (Phi) is 13.0. The Morgan fingerprint density at radius 3 is 1.43 bits per heavy atom. The standard InChI is InChI=1S/C27H26F3NO3.C8H6BrF3O/c1-26(2,3)34-25(32)23(18-19-14-16-22(17-15-19)33-27(28,29)30)31-24(20-10-6-4-7-11-20)21-12-8-5-9-13-21;9-5-6-1-3-7(4-2-6)13-8(10,11)12/h4-17,23H,18H2,1-3H3;1-4H,5H2/t23-;/m0./s1. The predicted octanol–water partition coefficient (Wildman–Crippen LogP) is 9.86. The zero-order valence-corrected chi connectivity index (χ0v) is 27.2. The second-order valence-corrected chi connectivity index (χ2v) is 11.5. The van der Waals surface area contributed by atoms with E-state index in [-0.39, 0.29) is 17.9 Å². The minimum Gasteiger partial charge on any atom is -0.458 e. The van der Waals surface area contributed by atoms with Crippen LogP contribution in [0.25, 0.3) is 0 Å². The molecule has 47 heavy (non-hydrogen) atoms. The number of hydrogen-bond acceptors (Lipinski definition) is 5. The molecule has 0 aliphatic carbocycles. The lowest BCUT2D eigenvalue weighted by Crippen LogP contribution is -2.33. The van der Waals surface area contributed by atoms with Gasteiger partial charge in [0.25, 0.3) is 0 Å². The number of esters is 1. The van der Waals surface area contributed by atoms with Gasteiger partial charge in [-0.1, -0.05) is 101 Å². The van der Waals surface area contributed by atoms with Crippen molar-refractivity contribution in [2.24, 2.45) is 4.99 Å². The minimum absolute atomic E-state index is 0.143. The molecule has 0 saturated heterocycles. The molecule has 4 rings (SSSR count). The molecular weight excluding hydrogens is 692 g/mol. The molecule has 0 aromatic heterocycles. The summed E-state index contributed by atoms with van der Waals surface area (Å²) >= 11 is 3.18. The highest BCUT2D eigenvalue weighted by Crippen LogP contribution is 2.25. The summed E-state index contributed by atoms with van der Waals surface area (Å²) in [5.41, 5.74) is 3.07. The maximum absolute atomic E-state index is 13.1. The van der Waals surface area contributed by atoms with Gasteiger partial charge in [-0.05, 0) is 56.2 Å². The van der Waals surface area contributed by atoms with Crippen LogP contribution >= 0.6 is 15.9 Å². The molecule has 0 saturated carbocycles. The molecule has 0 aliphatic heterocycles. The van der Waals surface area contributed by atoms with Crippen LogP contribution in [-0.2, 0) is 21.3 Å². The van der Waals surface area contributed by atoms with Gasteiger partial charge in [-0.15, -0.1) is 26.3 Å². The quantitative estimate of drug-likeness (QED) is 0.0747. The van der Waals surface area contributed by atoms with Crippen molar-refractivity contribution >= 4 is 27.6 Å². The van der Waals surface area contributed by atoms with Gasteiger partial charge in [0.15, 0.2) is 6.04 Å². The molecule has 0 unspecified atom stereocenters. The van der Waals surface area contributed by atoms with E-state index in [9.17, 15) is 31.1 Å². The van der Waals surface area contributed by atoms with Gasteiger partial charge < -0.3 is 14.2 Å². The van der Waals surface area contributed by atoms with Crippen LogP contribution in [0.15, 0.2) is 114 Å². The first-order valence-corrected chi connectivity index (χ1v) is 15.3. The average Bonchev–Trinajstić information content (AvgIpc) is 2.99. The van der Waals surface area contributed by atoms with Gasteiger partial charge in [-0.3, -0.25) is 4.99 Å². The molecule has 0 amide bonds. The zero-order valence-electron chi connectivity index (χ0n) is 25.6. The van der Waals surface area contributed by atoms with E-state index in [4.69, 9.17) is 9.73 Å². The van der Waals surface area contributed by atoms with Crippen molar-refractivity contribution in [1.82, 2.24) is 0 Å². The third-order valence-electron chi connectivity index (χ3n) is 5.96. The Bertz CT molecular complexity index is 1530. The van der Waals surface area contributed by atoms with Crippen LogP contribution in [0.4, 0.5) is 26.3 Å². The molecule has 0 fully saturated rings. The van der Waals surface area contributed by atoms with Crippen molar-refractivity contribution in [3.05, 3.63) is 131 Å². The zero-order chi connectivity index (χ0) is 34.7. The van der Waals surface area contributed by atoms with Gasteiger partial charge in [-0.25, -0.2) is 4.79 Å². The van der Waals surface area contributed by atoms with Crippen LogP contribution in [0, 0.1) is 0 Å². The maximum Gasteiger partial charge on any atom is 0.573 e. The number of nitrogens with zero attached hydrogens (tertiary/aromatic N) is 1. The molecule has 1 atom stereocenters. The number of rotatable bonds is 9. The third kappa shape index (κ3) is 13.9. The summed E-state index contributed by atoms with van der Waals surface area (Å²) < 4.78 is 85.8. The molecule has 0 spiro atoms. The summed E-state index contributed by atoms with van der Waals surface area (Å²) in [7, 11) is 0. The first-order valence-electron chi connectivity index (χ1n) is 14.2. The number of aliphatic imine (C=N–C) groups is 1. The molecule has 0 N–H and O–H groups in total. The molecule has 0 aliphatic rings. The van der Waals surface area contributed by atoms with Gasteiger partial charge in [0.1, 0.15) is 17.1 Å². The van der Waals surface area contributed by atoms with E-state index in [0.717, 1.165) is 16.7 Å². The largest absolute Gasteiger partial charge is 0.573 e. The van der Waals surface area contributed by atoms with Gasteiger partial charge in [0, 0.05) is 22.9 Å². The number of hydrogen-bond donors (Lipinski definition) is 0. The Balaban J connectivity index is 0.000000386. The number of alkyl halides is 7. The Morgan fingerprint density at radius 2 is 1.06 bits per heavy atom. The Morgan fingerprint density at radius 1 is 0.660 bits per heavy atom. The molecule has 0 radical (unpaired) electrons. The van der Waals surface area contributed by atoms with Crippen LogP contribution in [0.3, 0.4) is 0 Å². The van der Waals surface area contributed by atoms with E-state index in [2.05, 4.69) is 25.4 Å². The summed E-state index contributed by atoms with van der Waals surface area (Å²) in [4.78, 5) is 17.9. The van der Waals surface area contributed by atoms with Crippen molar-refractivity contribution in [3.8, 4) is 11.5 Å². The lowest BCUT2D eigenvalue weighted by atomic mass is 10.0. The fourth-order valence-corrected chi connectivity index (χ4v) is 4.42. The fraction of sp³-hybridized carbons (Fsp3) is 0.257. The van der Waals surface area contributed by atoms with Crippen molar-refractivity contribution in [2.75, 3.05) is 0 Å². The predicted molar refractivity (Wildman–Crippen MR) is 171 cm³/mol. The highest BCUT2D eigenvalue weighted by Gasteiger charge is 2.32. The van der Waals surface area contributed by atoms with Crippen LogP contribution in [0.2, 0.25) is 0 Å². The number of carbonyl (C=O) groups excluding carboxylic acids is 1. The summed E-state index contributed by atoms with van der Waals surface area (Å²) in [5.74, 6) is -1.05. The van der Waals surface area contributed by atoms with E-state index in [1.165, 1.54) is 36.4 Å². The lowest BCUT2D eigenvalue weighted by Gasteiger charge is -2.23. The molecule has 5 nitrogen and oxygen atoms in total. The summed E-state index contributed by atoms with van der Waals surface area (Å²) in [5, 5.41) is 0.610. The van der Waals surface area contributed by atoms with Crippen molar-refractivity contribution < 1.29 is 45.3 Å². The lowest BCUT2D eigenvalue weighted by molar-refractivity contribution is -0.275. The second kappa shape index (κ2) is 16.5. The van der Waals surface area contributed by atoms with E-state index < -0.39 is 30.3 Å². The van der Waals surface area contributed by atoms with Gasteiger partial charge in [0.05, 0.1) is 5.71 Å². The minimum atomic E-state index is -4.77. The van der Waals surface area contributed by atoms with Gasteiger partial charge >= 0.3 is 18.7 Å². The molecule has 0 heterocycles.